The Morgan fingerprint density at radius 2 is 2.17 bits per heavy atom. The van der Waals surface area contributed by atoms with Crippen LogP contribution in [0.25, 0.3) is 0 Å². The monoisotopic (exact) mass is 268 g/mol. The fraction of sp³-hybridized carbons (Fsp3) is 0.714. The van der Waals surface area contributed by atoms with Crippen LogP contribution in [0.3, 0.4) is 0 Å². The van der Waals surface area contributed by atoms with Crippen molar-refractivity contribution in [2.75, 3.05) is 0 Å². The average Bonchev–Trinajstić information content (AvgIpc) is 2.85. The van der Waals surface area contributed by atoms with Gasteiger partial charge in [-0.3, -0.25) is 9.48 Å². The van der Waals surface area contributed by atoms with Crippen LogP contribution >= 0.6 is 11.6 Å². The second-order valence-corrected chi connectivity index (χ2v) is 5.51. The van der Waals surface area contributed by atoms with E-state index in [4.69, 9.17) is 11.6 Å². The van der Waals surface area contributed by atoms with E-state index in [1.54, 1.807) is 0 Å². The van der Waals surface area contributed by atoms with Crippen LogP contribution < -0.4 is 0 Å². The van der Waals surface area contributed by atoms with Gasteiger partial charge in [-0.1, -0.05) is 25.4 Å². The van der Waals surface area contributed by atoms with Gasteiger partial charge in [0, 0.05) is 18.9 Å². The van der Waals surface area contributed by atoms with Gasteiger partial charge < -0.3 is 0 Å². The maximum Gasteiger partial charge on any atom is 0.136 e. The summed E-state index contributed by atoms with van der Waals surface area (Å²) in [4.78, 5) is 11.6. The molecule has 0 saturated heterocycles. The Hall–Kier alpha value is -0.830. The predicted molar refractivity (Wildman–Crippen MR) is 72.9 cm³/mol. The number of Topliss-reactive ketones (excluding diaryl/α,β-unsaturated/α-hetero) is 1. The number of hydrogen-bond acceptors (Lipinski definition) is 2. The Kier molecular flexibility index (Phi) is 4.10. The van der Waals surface area contributed by atoms with Crippen LogP contribution in [0, 0.1) is 11.8 Å². The fourth-order valence-corrected chi connectivity index (χ4v) is 3.15. The number of carbonyl (C=O) groups is 1. The summed E-state index contributed by atoms with van der Waals surface area (Å²) in [6, 6.07) is 0. The predicted octanol–water partition coefficient (Wildman–Crippen LogP) is 3.28. The van der Waals surface area contributed by atoms with Crippen LogP contribution in [-0.4, -0.2) is 15.6 Å². The number of ketones is 1. The molecule has 1 aliphatic rings. The van der Waals surface area contributed by atoms with Gasteiger partial charge in [-0.15, -0.1) is 0 Å². The second-order valence-electron chi connectivity index (χ2n) is 5.13. The van der Waals surface area contributed by atoms with E-state index in [0.717, 1.165) is 48.6 Å². The molecule has 1 aromatic rings. The standard InChI is InChI=1S/C14H21ClN2O/c1-4-11-14(15)12(17(5-2)16-11)8-10-6-7-13(18)9(10)3/h9-10H,4-8H2,1-3H3. The molecule has 1 heterocycles. The van der Waals surface area contributed by atoms with Crippen LogP contribution in [0.4, 0.5) is 0 Å². The lowest BCUT2D eigenvalue weighted by Crippen LogP contribution is -2.15. The molecular formula is C14H21ClN2O. The molecule has 18 heavy (non-hydrogen) atoms. The van der Waals surface area contributed by atoms with Crippen molar-refractivity contribution in [2.24, 2.45) is 11.8 Å². The highest BCUT2D eigenvalue weighted by Gasteiger charge is 2.32. The summed E-state index contributed by atoms with van der Waals surface area (Å²) in [7, 11) is 0. The minimum Gasteiger partial charge on any atom is -0.299 e. The van der Waals surface area contributed by atoms with Gasteiger partial charge in [0.2, 0.25) is 0 Å². The summed E-state index contributed by atoms with van der Waals surface area (Å²) in [5, 5.41) is 5.34. The van der Waals surface area contributed by atoms with E-state index < -0.39 is 0 Å². The molecule has 0 radical (unpaired) electrons. The second kappa shape index (κ2) is 5.43. The van der Waals surface area contributed by atoms with Gasteiger partial charge in [0.25, 0.3) is 0 Å². The molecular weight excluding hydrogens is 248 g/mol. The zero-order valence-electron chi connectivity index (χ0n) is 11.4. The molecule has 0 bridgehead atoms. The summed E-state index contributed by atoms with van der Waals surface area (Å²) in [6.07, 6.45) is 3.46. The normalized spacial score (nSPS) is 23.9. The quantitative estimate of drug-likeness (QED) is 0.840. The van der Waals surface area contributed by atoms with Crippen molar-refractivity contribution < 1.29 is 4.79 Å². The zero-order valence-corrected chi connectivity index (χ0v) is 12.1. The van der Waals surface area contributed by atoms with E-state index in [9.17, 15) is 4.79 Å². The highest BCUT2D eigenvalue weighted by atomic mass is 35.5. The first-order chi connectivity index (χ1) is 8.58. The van der Waals surface area contributed by atoms with E-state index in [-0.39, 0.29) is 5.92 Å². The lowest BCUT2D eigenvalue weighted by molar-refractivity contribution is -0.120. The number of carbonyl (C=O) groups excluding carboxylic acids is 1. The summed E-state index contributed by atoms with van der Waals surface area (Å²) >= 11 is 6.40. The number of nitrogens with zero attached hydrogens (tertiary/aromatic N) is 2. The molecule has 0 aliphatic heterocycles. The molecule has 2 unspecified atom stereocenters. The SMILES string of the molecule is CCc1nn(CC)c(CC2CCC(=O)C2C)c1Cl. The molecule has 1 aromatic heterocycles. The molecule has 100 valence electrons. The minimum absolute atomic E-state index is 0.173. The number of hydrogen-bond donors (Lipinski definition) is 0. The summed E-state index contributed by atoms with van der Waals surface area (Å²) < 4.78 is 2.00. The molecule has 1 saturated carbocycles. The third-order valence-corrected chi connectivity index (χ3v) is 4.56. The maximum absolute atomic E-state index is 11.6. The largest absolute Gasteiger partial charge is 0.299 e. The molecule has 4 heteroatoms. The minimum atomic E-state index is 0.173. The first-order valence-electron chi connectivity index (χ1n) is 6.85. The van der Waals surface area contributed by atoms with Gasteiger partial charge in [-0.25, -0.2) is 0 Å². The topological polar surface area (TPSA) is 34.9 Å². The van der Waals surface area contributed by atoms with Crippen LogP contribution in [0.2, 0.25) is 5.02 Å². The highest BCUT2D eigenvalue weighted by Crippen LogP contribution is 2.34. The van der Waals surface area contributed by atoms with Crippen molar-refractivity contribution in [1.82, 2.24) is 9.78 Å². The van der Waals surface area contributed by atoms with Crippen molar-refractivity contribution in [3.05, 3.63) is 16.4 Å². The first-order valence-corrected chi connectivity index (χ1v) is 7.23. The molecule has 0 aromatic carbocycles. The Morgan fingerprint density at radius 3 is 2.67 bits per heavy atom. The zero-order chi connectivity index (χ0) is 13.3. The third kappa shape index (κ3) is 2.33. The summed E-state index contributed by atoms with van der Waals surface area (Å²) in [5.74, 6) is 1.00. The van der Waals surface area contributed by atoms with Crippen LogP contribution in [0.5, 0.6) is 0 Å². The third-order valence-electron chi connectivity index (χ3n) is 4.13. The Bertz CT molecular complexity index is 453. The molecule has 0 N–H and O–H groups in total. The van der Waals surface area contributed by atoms with Crippen LogP contribution in [-0.2, 0) is 24.2 Å². The van der Waals surface area contributed by atoms with Crippen molar-refractivity contribution in [3.63, 3.8) is 0 Å². The molecule has 0 spiro atoms. The fourth-order valence-electron chi connectivity index (χ4n) is 2.81. The number of halogens is 1. The number of aromatic nitrogens is 2. The Balaban J connectivity index is 2.23. The molecule has 2 rings (SSSR count). The van der Waals surface area contributed by atoms with Gasteiger partial charge in [0.15, 0.2) is 0 Å². The van der Waals surface area contributed by atoms with Gasteiger partial charge in [-0.05, 0) is 32.1 Å². The number of rotatable bonds is 4. The first kappa shape index (κ1) is 13.6. The summed E-state index contributed by atoms with van der Waals surface area (Å²) in [5.41, 5.74) is 2.09. The molecule has 1 aliphatic carbocycles. The van der Waals surface area contributed by atoms with E-state index in [1.165, 1.54) is 0 Å². The van der Waals surface area contributed by atoms with Crippen molar-refractivity contribution >= 4 is 17.4 Å². The summed E-state index contributed by atoms with van der Waals surface area (Å²) in [6.45, 7) is 7.03. The van der Waals surface area contributed by atoms with E-state index >= 15 is 0 Å². The van der Waals surface area contributed by atoms with Crippen molar-refractivity contribution in [3.8, 4) is 0 Å². The van der Waals surface area contributed by atoms with E-state index in [0.29, 0.717) is 11.7 Å². The van der Waals surface area contributed by atoms with Gasteiger partial charge in [-0.2, -0.15) is 5.10 Å². The van der Waals surface area contributed by atoms with Crippen LogP contribution in [0.15, 0.2) is 0 Å². The lowest BCUT2D eigenvalue weighted by atomic mass is 9.92. The molecule has 3 nitrogen and oxygen atoms in total. The number of aryl methyl sites for hydroxylation is 2. The van der Waals surface area contributed by atoms with E-state index in [1.807, 2.05) is 11.6 Å². The lowest BCUT2D eigenvalue weighted by Gasteiger charge is -2.15. The molecule has 2 atom stereocenters. The van der Waals surface area contributed by atoms with Gasteiger partial charge >= 0.3 is 0 Å². The van der Waals surface area contributed by atoms with Gasteiger partial charge in [0.05, 0.1) is 16.4 Å². The molecule has 1 fully saturated rings. The van der Waals surface area contributed by atoms with Crippen molar-refractivity contribution in [1.29, 1.82) is 0 Å². The molecule has 0 amide bonds. The van der Waals surface area contributed by atoms with E-state index in [2.05, 4.69) is 18.9 Å². The van der Waals surface area contributed by atoms with Gasteiger partial charge in [0.1, 0.15) is 5.78 Å². The maximum atomic E-state index is 11.6. The Labute approximate surface area is 114 Å². The Morgan fingerprint density at radius 1 is 1.44 bits per heavy atom. The smallest absolute Gasteiger partial charge is 0.136 e. The highest BCUT2D eigenvalue weighted by molar-refractivity contribution is 6.31. The van der Waals surface area contributed by atoms with Crippen molar-refractivity contribution in [2.45, 2.75) is 53.0 Å². The average molecular weight is 269 g/mol. The van der Waals surface area contributed by atoms with Crippen LogP contribution in [0.1, 0.15) is 45.0 Å².